The Morgan fingerprint density at radius 3 is 2.41 bits per heavy atom. The Hall–Kier alpha value is -3.09. The van der Waals surface area contributed by atoms with Gasteiger partial charge in [-0.15, -0.1) is 0 Å². The lowest BCUT2D eigenvalue weighted by Crippen LogP contribution is -2.53. The van der Waals surface area contributed by atoms with E-state index in [0.29, 0.717) is 31.7 Å². The number of rotatable bonds is 7. The van der Waals surface area contributed by atoms with Crippen molar-refractivity contribution in [3.63, 3.8) is 0 Å². The minimum Gasteiger partial charge on any atom is -0.370 e. The van der Waals surface area contributed by atoms with Crippen molar-refractivity contribution in [2.75, 3.05) is 50.7 Å². The number of benzene rings is 2. The Morgan fingerprint density at radius 2 is 1.81 bits per heavy atom. The van der Waals surface area contributed by atoms with Gasteiger partial charge in [0.05, 0.1) is 16.5 Å². The lowest BCUT2D eigenvalue weighted by atomic mass is 10.2. The minimum atomic E-state index is -3.64. The zero-order valence-electron chi connectivity index (χ0n) is 18.5. The maximum Gasteiger partial charge on any atom is 0.317 e. The maximum absolute atomic E-state index is 12.8. The number of anilines is 1. The number of amides is 2. The fourth-order valence-electron chi connectivity index (χ4n) is 3.69. The maximum atomic E-state index is 12.8. The molecule has 1 fully saturated rings. The number of hydrogen-bond acceptors (Lipinski definition) is 5. The molecular formula is C23H29N5O3S. The molecule has 0 bridgehead atoms. The normalized spacial score (nSPS) is 14.6. The van der Waals surface area contributed by atoms with E-state index in [1.54, 1.807) is 4.90 Å². The number of likely N-dealkylation sites (N-methyl/N-ethyl adjacent to an activating group) is 1. The van der Waals surface area contributed by atoms with Crippen molar-refractivity contribution < 1.29 is 13.2 Å². The molecule has 1 aliphatic rings. The first kappa shape index (κ1) is 23.6. The molecule has 2 aromatic rings. The molecule has 3 rings (SSSR count). The van der Waals surface area contributed by atoms with Crippen molar-refractivity contribution in [3.8, 4) is 6.07 Å². The molecule has 0 atom stereocenters. The van der Waals surface area contributed by atoms with Crippen LogP contribution in [-0.4, -0.2) is 69.5 Å². The number of nitriles is 1. The number of urea groups is 1. The first-order valence-electron chi connectivity index (χ1n) is 10.7. The second kappa shape index (κ2) is 10.5. The number of hydrogen-bond donors (Lipinski definition) is 1. The second-order valence-electron chi connectivity index (χ2n) is 7.68. The fraction of sp³-hybridized carbons (Fsp3) is 0.391. The summed E-state index contributed by atoms with van der Waals surface area (Å²) in [5.41, 5.74) is 2.73. The number of piperazine rings is 1. The quantitative estimate of drug-likeness (QED) is 0.692. The van der Waals surface area contributed by atoms with Gasteiger partial charge in [0, 0.05) is 51.5 Å². The summed E-state index contributed by atoms with van der Waals surface area (Å²) in [6, 6.07) is 15.9. The Kier molecular flexibility index (Phi) is 7.72. The van der Waals surface area contributed by atoms with Gasteiger partial charge in [0.15, 0.2) is 0 Å². The van der Waals surface area contributed by atoms with Crippen LogP contribution in [0.3, 0.4) is 0 Å². The molecule has 1 saturated heterocycles. The van der Waals surface area contributed by atoms with Crippen LogP contribution < -0.4 is 10.2 Å². The molecule has 1 N–H and O–H groups in total. The summed E-state index contributed by atoms with van der Waals surface area (Å²) >= 11 is 0. The molecule has 0 aliphatic carbocycles. The fourth-order valence-corrected chi connectivity index (χ4v) is 5.11. The van der Waals surface area contributed by atoms with Gasteiger partial charge in [-0.25, -0.2) is 13.2 Å². The summed E-state index contributed by atoms with van der Waals surface area (Å²) in [4.78, 5) is 16.6. The smallest absolute Gasteiger partial charge is 0.317 e. The standard InChI is InChI=1S/C23H29N5O3S/c1-3-26(21-6-4-5-19(2)17-21)12-11-25-23(29)27-13-15-28(16-14-27)32(30,31)22-9-7-20(18-24)8-10-22/h4-10,17H,3,11-16H2,1-2H3,(H,25,29). The van der Waals surface area contributed by atoms with Crippen LogP contribution in [0.4, 0.5) is 10.5 Å². The first-order valence-corrected chi connectivity index (χ1v) is 12.1. The van der Waals surface area contributed by atoms with Crippen LogP contribution in [0.1, 0.15) is 18.1 Å². The van der Waals surface area contributed by atoms with Crippen molar-refractivity contribution >= 4 is 21.7 Å². The van der Waals surface area contributed by atoms with Crippen molar-refractivity contribution in [3.05, 3.63) is 59.7 Å². The van der Waals surface area contributed by atoms with E-state index in [2.05, 4.69) is 42.3 Å². The molecule has 1 aliphatic heterocycles. The highest BCUT2D eigenvalue weighted by molar-refractivity contribution is 7.89. The molecular weight excluding hydrogens is 426 g/mol. The van der Waals surface area contributed by atoms with Crippen LogP contribution >= 0.6 is 0 Å². The molecule has 0 radical (unpaired) electrons. The third kappa shape index (κ3) is 5.58. The van der Waals surface area contributed by atoms with Crippen molar-refractivity contribution in [1.82, 2.24) is 14.5 Å². The molecule has 1 heterocycles. The molecule has 0 saturated carbocycles. The van der Waals surface area contributed by atoms with E-state index in [1.165, 1.54) is 34.1 Å². The minimum absolute atomic E-state index is 0.158. The van der Waals surface area contributed by atoms with E-state index in [4.69, 9.17) is 5.26 Å². The van der Waals surface area contributed by atoms with E-state index >= 15 is 0 Å². The summed E-state index contributed by atoms with van der Waals surface area (Å²) in [6.45, 7) is 7.31. The van der Waals surface area contributed by atoms with Gasteiger partial charge in [-0.1, -0.05) is 12.1 Å². The van der Waals surface area contributed by atoms with Crippen LogP contribution in [0, 0.1) is 18.3 Å². The third-order valence-corrected chi connectivity index (χ3v) is 7.47. The molecule has 0 unspecified atom stereocenters. The SMILES string of the molecule is CCN(CCNC(=O)N1CCN(S(=O)(=O)c2ccc(C#N)cc2)CC1)c1cccc(C)c1. The predicted molar refractivity (Wildman–Crippen MR) is 124 cm³/mol. The average Bonchev–Trinajstić information content (AvgIpc) is 2.82. The van der Waals surface area contributed by atoms with Crippen molar-refractivity contribution in [2.24, 2.45) is 0 Å². The monoisotopic (exact) mass is 455 g/mol. The molecule has 2 aromatic carbocycles. The molecule has 32 heavy (non-hydrogen) atoms. The summed E-state index contributed by atoms with van der Waals surface area (Å²) in [7, 11) is -3.64. The van der Waals surface area contributed by atoms with Crippen LogP contribution in [0.2, 0.25) is 0 Å². The van der Waals surface area contributed by atoms with E-state index < -0.39 is 10.0 Å². The average molecular weight is 456 g/mol. The Morgan fingerprint density at radius 1 is 1.12 bits per heavy atom. The summed E-state index contributed by atoms with van der Waals surface area (Å²) < 4.78 is 27.0. The van der Waals surface area contributed by atoms with Gasteiger partial charge in [0.25, 0.3) is 0 Å². The number of aryl methyl sites for hydroxylation is 1. The molecule has 0 aromatic heterocycles. The Balaban J connectivity index is 1.49. The summed E-state index contributed by atoms with van der Waals surface area (Å²) in [5.74, 6) is 0. The number of sulfonamides is 1. The lowest BCUT2D eigenvalue weighted by Gasteiger charge is -2.34. The van der Waals surface area contributed by atoms with Gasteiger partial charge in [-0.05, 0) is 55.8 Å². The highest BCUT2D eigenvalue weighted by Gasteiger charge is 2.30. The molecule has 2 amide bonds. The van der Waals surface area contributed by atoms with E-state index in [9.17, 15) is 13.2 Å². The number of nitrogens with zero attached hydrogens (tertiary/aromatic N) is 4. The lowest BCUT2D eigenvalue weighted by molar-refractivity contribution is 0.172. The summed E-state index contributed by atoms with van der Waals surface area (Å²) in [5, 5.41) is 11.8. The largest absolute Gasteiger partial charge is 0.370 e. The zero-order valence-corrected chi connectivity index (χ0v) is 19.3. The molecule has 8 nitrogen and oxygen atoms in total. The highest BCUT2D eigenvalue weighted by atomic mass is 32.2. The van der Waals surface area contributed by atoms with Crippen LogP contribution in [0.25, 0.3) is 0 Å². The summed E-state index contributed by atoms with van der Waals surface area (Å²) in [6.07, 6.45) is 0. The van der Waals surface area contributed by atoms with Gasteiger partial charge >= 0.3 is 6.03 Å². The molecule has 0 spiro atoms. The van der Waals surface area contributed by atoms with E-state index in [-0.39, 0.29) is 24.0 Å². The van der Waals surface area contributed by atoms with Crippen LogP contribution in [0.15, 0.2) is 53.4 Å². The number of carbonyl (C=O) groups is 1. The third-order valence-electron chi connectivity index (χ3n) is 5.55. The first-order chi connectivity index (χ1) is 15.3. The van der Waals surface area contributed by atoms with Crippen molar-refractivity contribution in [2.45, 2.75) is 18.7 Å². The number of carbonyl (C=O) groups excluding carboxylic acids is 1. The van der Waals surface area contributed by atoms with Crippen LogP contribution in [-0.2, 0) is 10.0 Å². The van der Waals surface area contributed by atoms with Gasteiger partial charge in [0.2, 0.25) is 10.0 Å². The van der Waals surface area contributed by atoms with Gasteiger partial charge in [0.1, 0.15) is 0 Å². The van der Waals surface area contributed by atoms with E-state index in [0.717, 1.165) is 12.2 Å². The van der Waals surface area contributed by atoms with Crippen molar-refractivity contribution in [1.29, 1.82) is 5.26 Å². The Bertz CT molecular complexity index is 1070. The zero-order chi connectivity index (χ0) is 23.1. The van der Waals surface area contributed by atoms with Crippen LogP contribution in [0.5, 0.6) is 0 Å². The molecule has 9 heteroatoms. The highest BCUT2D eigenvalue weighted by Crippen LogP contribution is 2.18. The Labute approximate surface area is 190 Å². The van der Waals surface area contributed by atoms with E-state index in [1.807, 2.05) is 12.1 Å². The molecule has 170 valence electrons. The second-order valence-corrected chi connectivity index (χ2v) is 9.62. The van der Waals surface area contributed by atoms with Gasteiger partial charge < -0.3 is 15.1 Å². The topological polar surface area (TPSA) is 96.8 Å². The number of nitrogens with one attached hydrogen (secondary N) is 1. The van der Waals surface area contributed by atoms with Gasteiger partial charge in [-0.3, -0.25) is 0 Å². The van der Waals surface area contributed by atoms with Gasteiger partial charge in [-0.2, -0.15) is 9.57 Å². The predicted octanol–water partition coefficient (Wildman–Crippen LogP) is 2.41.